The van der Waals surface area contributed by atoms with Crippen molar-refractivity contribution < 1.29 is 14.2 Å². The van der Waals surface area contributed by atoms with Crippen molar-refractivity contribution in [1.29, 1.82) is 0 Å². The highest BCUT2D eigenvalue weighted by Crippen LogP contribution is 2.30. The highest BCUT2D eigenvalue weighted by molar-refractivity contribution is 5.44. The Morgan fingerprint density at radius 1 is 1.00 bits per heavy atom. The van der Waals surface area contributed by atoms with Crippen LogP contribution in [0.2, 0.25) is 0 Å². The SMILES string of the molecule is COc1cc(OC)cc(Oc2ccc(CNC3CCc4ncnn4C3)cc2)c1. The van der Waals surface area contributed by atoms with E-state index in [0.717, 1.165) is 37.5 Å². The van der Waals surface area contributed by atoms with Gasteiger partial charge in [0.05, 0.1) is 20.8 Å². The second kappa shape index (κ2) is 8.31. The van der Waals surface area contributed by atoms with Gasteiger partial charge in [-0.3, -0.25) is 0 Å². The van der Waals surface area contributed by atoms with Crippen molar-refractivity contribution in [2.24, 2.45) is 0 Å². The van der Waals surface area contributed by atoms with E-state index in [1.807, 2.05) is 35.0 Å². The van der Waals surface area contributed by atoms with Crippen LogP contribution >= 0.6 is 0 Å². The van der Waals surface area contributed by atoms with Gasteiger partial charge in [-0.1, -0.05) is 12.1 Å². The summed E-state index contributed by atoms with van der Waals surface area (Å²) in [5.74, 6) is 3.90. The highest BCUT2D eigenvalue weighted by atomic mass is 16.5. The maximum absolute atomic E-state index is 5.94. The second-order valence-electron chi connectivity index (χ2n) is 6.77. The van der Waals surface area contributed by atoms with Crippen LogP contribution in [0.4, 0.5) is 0 Å². The number of methoxy groups -OCH3 is 2. The molecule has 7 nitrogen and oxygen atoms in total. The molecule has 1 aromatic heterocycles. The Kier molecular flexibility index (Phi) is 5.43. The molecule has 0 bridgehead atoms. The molecule has 0 saturated heterocycles. The smallest absolute Gasteiger partial charge is 0.138 e. The first-order chi connectivity index (χ1) is 13.7. The Labute approximate surface area is 164 Å². The van der Waals surface area contributed by atoms with Crippen molar-refractivity contribution in [3.8, 4) is 23.0 Å². The molecule has 0 radical (unpaired) electrons. The largest absolute Gasteiger partial charge is 0.496 e. The van der Waals surface area contributed by atoms with Crippen molar-refractivity contribution >= 4 is 0 Å². The van der Waals surface area contributed by atoms with E-state index in [4.69, 9.17) is 14.2 Å². The van der Waals surface area contributed by atoms with Gasteiger partial charge in [0.2, 0.25) is 0 Å². The molecule has 1 atom stereocenters. The maximum Gasteiger partial charge on any atom is 0.138 e. The summed E-state index contributed by atoms with van der Waals surface area (Å²) in [6, 6.07) is 14.0. The Hall–Kier alpha value is -3.06. The molecule has 1 aliphatic rings. The molecule has 7 heteroatoms. The molecule has 2 aromatic carbocycles. The molecular formula is C21H24N4O3. The summed E-state index contributed by atoms with van der Waals surface area (Å²) in [5.41, 5.74) is 1.21. The van der Waals surface area contributed by atoms with Gasteiger partial charge < -0.3 is 19.5 Å². The molecule has 146 valence electrons. The van der Waals surface area contributed by atoms with Gasteiger partial charge in [0.1, 0.15) is 35.1 Å². The van der Waals surface area contributed by atoms with E-state index in [9.17, 15) is 0 Å². The summed E-state index contributed by atoms with van der Waals surface area (Å²) < 4.78 is 18.5. The van der Waals surface area contributed by atoms with Crippen LogP contribution < -0.4 is 19.5 Å². The number of hydrogen-bond donors (Lipinski definition) is 1. The lowest BCUT2D eigenvalue weighted by molar-refractivity contribution is 0.358. The predicted octanol–water partition coefficient (Wildman–Crippen LogP) is 3.19. The minimum absolute atomic E-state index is 0.411. The predicted molar refractivity (Wildman–Crippen MR) is 105 cm³/mol. The van der Waals surface area contributed by atoms with Crippen molar-refractivity contribution in [1.82, 2.24) is 20.1 Å². The fourth-order valence-corrected chi connectivity index (χ4v) is 3.32. The number of ether oxygens (including phenoxy) is 3. The number of nitrogens with zero attached hydrogens (tertiary/aromatic N) is 3. The lowest BCUT2D eigenvalue weighted by Crippen LogP contribution is -2.37. The van der Waals surface area contributed by atoms with Gasteiger partial charge in [-0.2, -0.15) is 5.10 Å². The number of nitrogens with one attached hydrogen (secondary N) is 1. The molecule has 3 aromatic rings. The lowest BCUT2D eigenvalue weighted by Gasteiger charge is -2.23. The van der Waals surface area contributed by atoms with E-state index in [1.165, 1.54) is 5.56 Å². The maximum atomic E-state index is 5.94. The second-order valence-corrected chi connectivity index (χ2v) is 6.77. The number of aryl methyl sites for hydroxylation is 1. The molecular weight excluding hydrogens is 356 g/mol. The van der Waals surface area contributed by atoms with E-state index in [1.54, 1.807) is 20.5 Å². The lowest BCUT2D eigenvalue weighted by atomic mass is 10.1. The van der Waals surface area contributed by atoms with E-state index >= 15 is 0 Å². The van der Waals surface area contributed by atoms with Gasteiger partial charge in [0.25, 0.3) is 0 Å². The van der Waals surface area contributed by atoms with Crippen LogP contribution in [-0.4, -0.2) is 35.0 Å². The van der Waals surface area contributed by atoms with Gasteiger partial charge in [-0.05, 0) is 24.1 Å². The third-order valence-electron chi connectivity index (χ3n) is 4.88. The van der Waals surface area contributed by atoms with Crippen LogP contribution in [0.1, 0.15) is 17.8 Å². The van der Waals surface area contributed by atoms with Gasteiger partial charge in [0, 0.05) is 37.2 Å². The van der Waals surface area contributed by atoms with Gasteiger partial charge in [-0.15, -0.1) is 0 Å². The molecule has 2 heterocycles. The Morgan fingerprint density at radius 3 is 2.43 bits per heavy atom. The molecule has 0 fully saturated rings. The monoisotopic (exact) mass is 380 g/mol. The fourth-order valence-electron chi connectivity index (χ4n) is 3.32. The van der Waals surface area contributed by atoms with E-state index < -0.39 is 0 Å². The zero-order valence-corrected chi connectivity index (χ0v) is 16.1. The van der Waals surface area contributed by atoms with Crippen molar-refractivity contribution in [2.75, 3.05) is 14.2 Å². The Morgan fingerprint density at radius 2 is 1.71 bits per heavy atom. The van der Waals surface area contributed by atoms with E-state index in [-0.39, 0.29) is 0 Å². The normalized spacial score (nSPS) is 15.7. The molecule has 0 amide bonds. The van der Waals surface area contributed by atoms with E-state index in [0.29, 0.717) is 23.3 Å². The van der Waals surface area contributed by atoms with Crippen molar-refractivity contribution in [2.45, 2.75) is 32.0 Å². The number of aromatic nitrogens is 3. The van der Waals surface area contributed by atoms with Crippen LogP contribution in [0.25, 0.3) is 0 Å². The molecule has 1 N–H and O–H groups in total. The first kappa shape index (κ1) is 18.3. The van der Waals surface area contributed by atoms with E-state index in [2.05, 4.69) is 27.5 Å². The van der Waals surface area contributed by atoms with Gasteiger partial charge in [0.15, 0.2) is 0 Å². The molecule has 1 aliphatic heterocycles. The summed E-state index contributed by atoms with van der Waals surface area (Å²) in [6.45, 7) is 1.68. The summed E-state index contributed by atoms with van der Waals surface area (Å²) >= 11 is 0. The van der Waals surface area contributed by atoms with Crippen LogP contribution in [0.5, 0.6) is 23.0 Å². The third kappa shape index (κ3) is 4.26. The number of benzene rings is 2. The standard InChI is InChI=1S/C21H24N4O3/c1-26-18-9-19(27-2)11-20(10-18)28-17-6-3-15(4-7-17)12-22-16-5-8-21-23-14-24-25(21)13-16/h3-4,6-7,9-11,14,16,22H,5,8,12-13H2,1-2H3. The zero-order chi connectivity index (χ0) is 19.3. The Balaban J connectivity index is 1.34. The number of fused-ring (bicyclic) bond motifs is 1. The number of hydrogen-bond acceptors (Lipinski definition) is 6. The fraction of sp³-hybridized carbons (Fsp3) is 0.333. The quantitative estimate of drug-likeness (QED) is 0.679. The summed E-state index contributed by atoms with van der Waals surface area (Å²) in [4.78, 5) is 4.27. The van der Waals surface area contributed by atoms with Crippen LogP contribution in [0.15, 0.2) is 48.8 Å². The summed E-state index contributed by atoms with van der Waals surface area (Å²) in [5, 5.41) is 7.87. The third-order valence-corrected chi connectivity index (χ3v) is 4.88. The number of rotatable bonds is 7. The van der Waals surface area contributed by atoms with Gasteiger partial charge in [-0.25, -0.2) is 9.67 Å². The first-order valence-electron chi connectivity index (χ1n) is 9.33. The van der Waals surface area contributed by atoms with Crippen LogP contribution in [0, 0.1) is 0 Å². The van der Waals surface area contributed by atoms with Crippen molar-refractivity contribution in [3.05, 3.63) is 60.2 Å². The summed E-state index contributed by atoms with van der Waals surface area (Å²) in [6.07, 6.45) is 3.68. The average molecular weight is 380 g/mol. The zero-order valence-electron chi connectivity index (χ0n) is 16.1. The molecule has 0 aliphatic carbocycles. The highest BCUT2D eigenvalue weighted by Gasteiger charge is 2.19. The molecule has 0 spiro atoms. The minimum atomic E-state index is 0.411. The van der Waals surface area contributed by atoms with Crippen molar-refractivity contribution in [3.63, 3.8) is 0 Å². The van der Waals surface area contributed by atoms with Crippen LogP contribution in [0.3, 0.4) is 0 Å². The molecule has 0 saturated carbocycles. The Bertz CT molecular complexity index is 901. The van der Waals surface area contributed by atoms with Crippen LogP contribution in [-0.2, 0) is 19.5 Å². The minimum Gasteiger partial charge on any atom is -0.496 e. The molecule has 28 heavy (non-hydrogen) atoms. The average Bonchev–Trinajstić information content (AvgIpc) is 3.21. The molecule has 4 rings (SSSR count). The topological polar surface area (TPSA) is 70.4 Å². The first-order valence-corrected chi connectivity index (χ1v) is 9.33. The summed E-state index contributed by atoms with van der Waals surface area (Å²) in [7, 11) is 3.24. The molecule has 1 unspecified atom stereocenters. The van der Waals surface area contributed by atoms with Gasteiger partial charge >= 0.3 is 0 Å².